The van der Waals surface area contributed by atoms with Crippen LogP contribution in [0.3, 0.4) is 0 Å². The Bertz CT molecular complexity index is 357. The van der Waals surface area contributed by atoms with Crippen molar-refractivity contribution < 1.29 is 8.42 Å². The number of aliphatic imine (C=N–C) groups is 1. The van der Waals surface area contributed by atoms with Crippen LogP contribution in [-0.4, -0.2) is 31.8 Å². The molecule has 1 aliphatic rings. The molecule has 1 saturated carbocycles. The molecule has 0 aromatic carbocycles. The van der Waals surface area contributed by atoms with Crippen LogP contribution in [0.15, 0.2) is 4.99 Å². The molecule has 5 nitrogen and oxygen atoms in total. The van der Waals surface area contributed by atoms with Crippen LogP contribution in [0.2, 0.25) is 0 Å². The van der Waals surface area contributed by atoms with E-state index in [0.29, 0.717) is 5.84 Å². The molecule has 0 spiro atoms. The monoisotopic (exact) mass is 261 g/mol. The van der Waals surface area contributed by atoms with Crippen LogP contribution in [0.5, 0.6) is 0 Å². The SMILES string of the molecule is CC(C(=NC1CCCCCC1)NN)S(C)(=O)=O. The molecular weight excluding hydrogens is 238 g/mol. The number of hydrogen-bond donors (Lipinski definition) is 2. The maximum Gasteiger partial charge on any atom is 0.157 e. The number of nitrogens with one attached hydrogen (secondary N) is 1. The fraction of sp³-hybridized carbons (Fsp3) is 0.909. The maximum atomic E-state index is 11.5. The molecule has 0 radical (unpaired) electrons. The van der Waals surface area contributed by atoms with E-state index in [0.717, 1.165) is 12.8 Å². The first-order chi connectivity index (χ1) is 7.95. The Labute approximate surface area is 104 Å². The smallest absolute Gasteiger partial charge is 0.157 e. The topological polar surface area (TPSA) is 84.5 Å². The van der Waals surface area contributed by atoms with E-state index in [4.69, 9.17) is 5.84 Å². The number of nitrogens with zero attached hydrogens (tertiary/aromatic N) is 1. The summed E-state index contributed by atoms with van der Waals surface area (Å²) in [6.45, 7) is 1.62. The van der Waals surface area contributed by atoms with Crippen molar-refractivity contribution in [2.45, 2.75) is 56.7 Å². The highest BCUT2D eigenvalue weighted by Crippen LogP contribution is 2.20. The summed E-state index contributed by atoms with van der Waals surface area (Å²) in [5, 5.41) is -0.657. The molecule has 100 valence electrons. The lowest BCUT2D eigenvalue weighted by Crippen LogP contribution is -2.42. The molecular formula is C11H23N3O2S. The molecule has 1 unspecified atom stereocenters. The van der Waals surface area contributed by atoms with Crippen LogP contribution in [0, 0.1) is 0 Å². The van der Waals surface area contributed by atoms with Crippen molar-refractivity contribution in [1.82, 2.24) is 5.43 Å². The summed E-state index contributed by atoms with van der Waals surface area (Å²) in [4.78, 5) is 4.48. The van der Waals surface area contributed by atoms with Gasteiger partial charge in [-0.1, -0.05) is 25.7 Å². The van der Waals surface area contributed by atoms with E-state index in [-0.39, 0.29) is 6.04 Å². The van der Waals surface area contributed by atoms with Crippen LogP contribution in [0.4, 0.5) is 0 Å². The first-order valence-electron chi connectivity index (χ1n) is 6.18. The molecule has 1 rings (SSSR count). The predicted molar refractivity (Wildman–Crippen MR) is 70.6 cm³/mol. The number of rotatable bonds is 3. The quantitative estimate of drug-likeness (QED) is 0.261. The van der Waals surface area contributed by atoms with Gasteiger partial charge < -0.3 is 5.43 Å². The van der Waals surface area contributed by atoms with Crippen molar-refractivity contribution in [2.24, 2.45) is 10.8 Å². The van der Waals surface area contributed by atoms with Crippen LogP contribution >= 0.6 is 0 Å². The second-order valence-corrected chi connectivity index (χ2v) is 7.14. The molecule has 1 fully saturated rings. The fourth-order valence-electron chi connectivity index (χ4n) is 2.05. The van der Waals surface area contributed by atoms with Crippen molar-refractivity contribution in [3.05, 3.63) is 0 Å². The summed E-state index contributed by atoms with van der Waals surface area (Å²) >= 11 is 0. The van der Waals surface area contributed by atoms with E-state index in [1.165, 1.54) is 31.9 Å². The molecule has 0 heterocycles. The van der Waals surface area contributed by atoms with Gasteiger partial charge in [0.15, 0.2) is 9.84 Å². The zero-order valence-corrected chi connectivity index (χ0v) is 11.5. The molecule has 1 atom stereocenters. The molecule has 0 aromatic rings. The van der Waals surface area contributed by atoms with Gasteiger partial charge in [-0.05, 0) is 19.8 Å². The highest BCUT2D eigenvalue weighted by Gasteiger charge is 2.22. The lowest BCUT2D eigenvalue weighted by atomic mass is 10.1. The van der Waals surface area contributed by atoms with Gasteiger partial charge in [0.1, 0.15) is 11.1 Å². The van der Waals surface area contributed by atoms with Crippen LogP contribution in [0.25, 0.3) is 0 Å². The van der Waals surface area contributed by atoms with E-state index in [9.17, 15) is 8.42 Å². The zero-order valence-electron chi connectivity index (χ0n) is 10.6. The molecule has 6 heteroatoms. The number of amidine groups is 1. The Morgan fingerprint density at radius 3 is 2.24 bits per heavy atom. The third-order valence-corrected chi connectivity index (χ3v) is 4.83. The largest absolute Gasteiger partial charge is 0.311 e. The predicted octanol–water partition coefficient (Wildman–Crippen LogP) is 1.00. The second kappa shape index (κ2) is 6.35. The molecule has 3 N–H and O–H groups in total. The summed E-state index contributed by atoms with van der Waals surface area (Å²) in [7, 11) is -3.15. The number of hydrogen-bond acceptors (Lipinski definition) is 4. The highest BCUT2D eigenvalue weighted by molar-refractivity contribution is 7.92. The summed E-state index contributed by atoms with van der Waals surface area (Å²) in [5.41, 5.74) is 2.45. The van der Waals surface area contributed by atoms with Gasteiger partial charge in [-0.2, -0.15) is 0 Å². The van der Waals surface area contributed by atoms with Crippen molar-refractivity contribution in [3.63, 3.8) is 0 Å². The summed E-state index contributed by atoms with van der Waals surface area (Å²) in [6, 6.07) is 0.216. The molecule has 1 aliphatic carbocycles. The standard InChI is InChI=1S/C11H23N3O2S/c1-9(17(2,15)16)11(14-12)13-10-7-5-3-4-6-8-10/h9-10H,3-8,12H2,1-2H3,(H,13,14). The fourth-order valence-corrected chi connectivity index (χ4v) is 2.58. The third kappa shape index (κ3) is 4.63. The van der Waals surface area contributed by atoms with Gasteiger partial charge in [0.2, 0.25) is 0 Å². The Hall–Kier alpha value is -0.620. The Morgan fingerprint density at radius 1 is 1.29 bits per heavy atom. The lowest BCUT2D eigenvalue weighted by Gasteiger charge is -2.16. The average Bonchev–Trinajstić information content (AvgIpc) is 2.52. The van der Waals surface area contributed by atoms with Crippen LogP contribution in [0.1, 0.15) is 45.4 Å². The number of sulfone groups is 1. The maximum absolute atomic E-state index is 11.5. The molecule has 17 heavy (non-hydrogen) atoms. The average molecular weight is 261 g/mol. The van der Waals surface area contributed by atoms with Gasteiger partial charge in [0, 0.05) is 6.26 Å². The van der Waals surface area contributed by atoms with E-state index < -0.39 is 15.1 Å². The van der Waals surface area contributed by atoms with E-state index >= 15 is 0 Å². The highest BCUT2D eigenvalue weighted by atomic mass is 32.2. The Balaban J connectivity index is 2.77. The first-order valence-corrected chi connectivity index (χ1v) is 8.13. The molecule has 0 bridgehead atoms. The van der Waals surface area contributed by atoms with Gasteiger partial charge in [-0.15, -0.1) is 0 Å². The van der Waals surface area contributed by atoms with Gasteiger partial charge in [-0.25, -0.2) is 14.3 Å². The summed E-state index contributed by atoms with van der Waals surface area (Å²) in [6.07, 6.45) is 8.09. The third-order valence-electron chi connectivity index (χ3n) is 3.32. The van der Waals surface area contributed by atoms with Gasteiger partial charge in [0.05, 0.1) is 6.04 Å². The summed E-state index contributed by atoms with van der Waals surface area (Å²) < 4.78 is 22.9. The molecule has 0 amide bonds. The van der Waals surface area contributed by atoms with E-state index in [1.807, 2.05) is 0 Å². The normalized spacial score (nSPS) is 21.9. The molecule has 0 aromatic heterocycles. The van der Waals surface area contributed by atoms with Crippen molar-refractivity contribution in [3.8, 4) is 0 Å². The summed E-state index contributed by atoms with van der Waals surface area (Å²) in [5.74, 6) is 5.77. The second-order valence-electron chi connectivity index (χ2n) is 4.78. The van der Waals surface area contributed by atoms with Gasteiger partial charge in [0.25, 0.3) is 0 Å². The van der Waals surface area contributed by atoms with Crippen molar-refractivity contribution >= 4 is 15.7 Å². The molecule has 0 saturated heterocycles. The zero-order chi connectivity index (χ0) is 12.9. The Kier molecular flexibility index (Phi) is 5.39. The first kappa shape index (κ1) is 14.4. The minimum atomic E-state index is -3.15. The number of nitrogens with two attached hydrogens (primary N) is 1. The van der Waals surface area contributed by atoms with Crippen LogP contribution < -0.4 is 11.3 Å². The van der Waals surface area contributed by atoms with E-state index in [2.05, 4.69) is 10.4 Å². The van der Waals surface area contributed by atoms with Crippen LogP contribution in [-0.2, 0) is 9.84 Å². The minimum absolute atomic E-state index is 0.216. The number of hydrazine groups is 1. The van der Waals surface area contributed by atoms with E-state index in [1.54, 1.807) is 6.92 Å². The lowest BCUT2D eigenvalue weighted by molar-refractivity contribution is 0.578. The molecule has 0 aliphatic heterocycles. The van der Waals surface area contributed by atoms with Crippen molar-refractivity contribution in [2.75, 3.05) is 6.26 Å². The van der Waals surface area contributed by atoms with Gasteiger partial charge in [-0.3, -0.25) is 4.99 Å². The Morgan fingerprint density at radius 2 is 1.82 bits per heavy atom. The van der Waals surface area contributed by atoms with Crippen molar-refractivity contribution in [1.29, 1.82) is 0 Å². The van der Waals surface area contributed by atoms with Gasteiger partial charge >= 0.3 is 0 Å². The minimum Gasteiger partial charge on any atom is -0.311 e.